The van der Waals surface area contributed by atoms with E-state index in [4.69, 9.17) is 0 Å². The number of pyridine rings is 1. The molecule has 1 saturated carbocycles. The molecule has 3 rings (SSSR count). The summed E-state index contributed by atoms with van der Waals surface area (Å²) in [7, 11) is 0. The van der Waals surface area contributed by atoms with Crippen LogP contribution in [0.15, 0.2) is 12.3 Å². The van der Waals surface area contributed by atoms with Crippen LogP contribution in [0.4, 0.5) is 10.2 Å². The molecule has 0 bridgehead atoms. The Morgan fingerprint density at radius 1 is 1.33 bits per heavy atom. The van der Waals surface area contributed by atoms with Gasteiger partial charge in [0, 0.05) is 30.9 Å². The van der Waals surface area contributed by atoms with Gasteiger partial charge in [-0.15, -0.1) is 0 Å². The fourth-order valence-corrected chi connectivity index (χ4v) is 3.88. The first-order valence-corrected chi connectivity index (χ1v) is 8.42. The third-order valence-electron chi connectivity index (χ3n) is 4.98. The van der Waals surface area contributed by atoms with E-state index in [9.17, 15) is 4.39 Å². The first kappa shape index (κ1) is 14.8. The van der Waals surface area contributed by atoms with Crippen LogP contribution in [-0.2, 0) is 6.54 Å². The van der Waals surface area contributed by atoms with Gasteiger partial charge in [-0.05, 0) is 44.2 Å². The molecule has 21 heavy (non-hydrogen) atoms. The van der Waals surface area contributed by atoms with Crippen molar-refractivity contribution in [3.8, 4) is 0 Å². The first-order chi connectivity index (χ1) is 10.3. The number of fused-ring (bicyclic) bond motifs is 1. The van der Waals surface area contributed by atoms with Gasteiger partial charge in [-0.2, -0.15) is 0 Å². The molecule has 1 aromatic rings. The number of anilines is 1. The van der Waals surface area contributed by atoms with Gasteiger partial charge in [-0.1, -0.05) is 19.8 Å². The molecule has 2 heterocycles. The molecule has 1 N–H and O–H groups in total. The lowest BCUT2D eigenvalue weighted by molar-refractivity contribution is 0.340. The van der Waals surface area contributed by atoms with Crippen LogP contribution < -0.4 is 10.2 Å². The summed E-state index contributed by atoms with van der Waals surface area (Å²) in [4.78, 5) is 6.60. The van der Waals surface area contributed by atoms with Gasteiger partial charge in [0.25, 0.3) is 0 Å². The smallest absolute Gasteiger partial charge is 0.170 e. The number of aromatic nitrogens is 1. The van der Waals surface area contributed by atoms with Crippen LogP contribution in [0.3, 0.4) is 0 Å². The van der Waals surface area contributed by atoms with E-state index in [1.165, 1.54) is 32.1 Å². The second-order valence-corrected chi connectivity index (χ2v) is 6.38. The maximum atomic E-state index is 14.8. The van der Waals surface area contributed by atoms with Crippen molar-refractivity contribution in [1.29, 1.82) is 0 Å². The topological polar surface area (TPSA) is 28.2 Å². The van der Waals surface area contributed by atoms with Gasteiger partial charge in [-0.3, -0.25) is 0 Å². The van der Waals surface area contributed by atoms with E-state index in [0.29, 0.717) is 18.4 Å². The highest BCUT2D eigenvalue weighted by Crippen LogP contribution is 2.39. The molecule has 0 spiro atoms. The van der Waals surface area contributed by atoms with Gasteiger partial charge in [0.1, 0.15) is 0 Å². The standard InChI is InChI=1S/C17H26FN3/c1-2-9-19-12-14-7-10-20-17(16(14)18)21-11-8-13-5-3-4-6-15(13)21/h7,10,13,15,19H,2-6,8-9,11-12H2,1H3. The minimum atomic E-state index is -0.118. The largest absolute Gasteiger partial charge is 0.351 e. The molecule has 4 heteroatoms. The van der Waals surface area contributed by atoms with E-state index in [-0.39, 0.29) is 5.82 Å². The fraction of sp³-hybridized carbons (Fsp3) is 0.706. The predicted molar refractivity (Wildman–Crippen MR) is 83.9 cm³/mol. The van der Waals surface area contributed by atoms with Crippen molar-refractivity contribution in [3.05, 3.63) is 23.6 Å². The molecule has 2 fully saturated rings. The van der Waals surface area contributed by atoms with Gasteiger partial charge in [0.15, 0.2) is 11.6 Å². The SMILES string of the molecule is CCCNCc1ccnc(N2CCC3CCCCC32)c1F. The Hall–Kier alpha value is -1.16. The third-order valence-corrected chi connectivity index (χ3v) is 4.98. The Balaban J connectivity index is 1.77. The summed E-state index contributed by atoms with van der Waals surface area (Å²) in [5, 5.41) is 3.28. The zero-order valence-electron chi connectivity index (χ0n) is 12.9. The Labute approximate surface area is 126 Å². The van der Waals surface area contributed by atoms with Gasteiger partial charge in [0.05, 0.1) is 0 Å². The van der Waals surface area contributed by atoms with Crippen molar-refractivity contribution in [2.75, 3.05) is 18.0 Å². The Morgan fingerprint density at radius 3 is 3.05 bits per heavy atom. The lowest BCUT2D eigenvalue weighted by atomic mass is 9.85. The summed E-state index contributed by atoms with van der Waals surface area (Å²) < 4.78 is 14.8. The average Bonchev–Trinajstić information content (AvgIpc) is 2.93. The lowest BCUT2D eigenvalue weighted by Crippen LogP contribution is -2.36. The molecular formula is C17H26FN3. The average molecular weight is 291 g/mol. The monoisotopic (exact) mass is 291 g/mol. The highest BCUT2D eigenvalue weighted by atomic mass is 19.1. The zero-order valence-corrected chi connectivity index (χ0v) is 12.9. The third kappa shape index (κ3) is 3.05. The van der Waals surface area contributed by atoms with Crippen LogP contribution >= 0.6 is 0 Å². The van der Waals surface area contributed by atoms with Gasteiger partial charge >= 0.3 is 0 Å². The van der Waals surface area contributed by atoms with Crippen molar-refractivity contribution >= 4 is 5.82 Å². The molecule has 1 aromatic heterocycles. The normalized spacial score (nSPS) is 25.1. The molecule has 1 aliphatic heterocycles. The fourth-order valence-electron chi connectivity index (χ4n) is 3.88. The summed E-state index contributed by atoms with van der Waals surface area (Å²) in [5.74, 6) is 1.22. The highest BCUT2D eigenvalue weighted by Gasteiger charge is 2.37. The maximum absolute atomic E-state index is 14.8. The van der Waals surface area contributed by atoms with Crippen LogP contribution in [0, 0.1) is 11.7 Å². The molecule has 2 atom stereocenters. The highest BCUT2D eigenvalue weighted by molar-refractivity contribution is 5.45. The molecular weight excluding hydrogens is 265 g/mol. The minimum absolute atomic E-state index is 0.118. The summed E-state index contributed by atoms with van der Waals surface area (Å²) in [5.41, 5.74) is 0.743. The molecule has 116 valence electrons. The molecule has 2 unspecified atom stereocenters. The van der Waals surface area contributed by atoms with Crippen molar-refractivity contribution in [2.45, 2.75) is 58.0 Å². The van der Waals surface area contributed by atoms with Crippen molar-refractivity contribution in [3.63, 3.8) is 0 Å². The van der Waals surface area contributed by atoms with Crippen LogP contribution in [0.25, 0.3) is 0 Å². The number of nitrogens with one attached hydrogen (secondary N) is 1. The van der Waals surface area contributed by atoms with E-state index in [0.717, 1.165) is 31.0 Å². The second kappa shape index (κ2) is 6.73. The number of hydrogen-bond donors (Lipinski definition) is 1. The van der Waals surface area contributed by atoms with Crippen molar-refractivity contribution < 1.29 is 4.39 Å². The second-order valence-electron chi connectivity index (χ2n) is 6.38. The molecule has 0 amide bonds. The summed E-state index contributed by atoms with van der Waals surface area (Å²) in [6.07, 6.45) is 9.14. The van der Waals surface area contributed by atoms with Crippen molar-refractivity contribution in [1.82, 2.24) is 10.3 Å². The summed E-state index contributed by atoms with van der Waals surface area (Å²) in [6.45, 7) is 4.60. The molecule has 3 nitrogen and oxygen atoms in total. The van der Waals surface area contributed by atoms with Gasteiger partial charge in [-0.25, -0.2) is 9.37 Å². The summed E-state index contributed by atoms with van der Waals surface area (Å²) in [6, 6.07) is 2.32. The number of rotatable bonds is 5. The Bertz CT molecular complexity index is 477. The molecule has 0 aromatic carbocycles. The molecule has 1 aliphatic carbocycles. The van der Waals surface area contributed by atoms with E-state index < -0.39 is 0 Å². The van der Waals surface area contributed by atoms with Crippen LogP contribution in [0.5, 0.6) is 0 Å². The lowest BCUT2D eigenvalue weighted by Gasteiger charge is -2.32. The Kier molecular flexibility index (Phi) is 4.73. The molecule has 1 saturated heterocycles. The van der Waals surface area contributed by atoms with Crippen LogP contribution in [0.1, 0.15) is 51.0 Å². The number of nitrogens with zero attached hydrogens (tertiary/aromatic N) is 2. The van der Waals surface area contributed by atoms with Crippen LogP contribution in [-0.4, -0.2) is 24.1 Å². The van der Waals surface area contributed by atoms with Crippen molar-refractivity contribution in [2.24, 2.45) is 5.92 Å². The van der Waals surface area contributed by atoms with E-state index in [1.54, 1.807) is 12.3 Å². The minimum Gasteiger partial charge on any atom is -0.351 e. The molecule has 0 radical (unpaired) electrons. The Morgan fingerprint density at radius 2 is 2.19 bits per heavy atom. The zero-order chi connectivity index (χ0) is 14.7. The maximum Gasteiger partial charge on any atom is 0.170 e. The molecule has 2 aliphatic rings. The quantitative estimate of drug-likeness (QED) is 0.842. The number of halogens is 1. The summed E-state index contributed by atoms with van der Waals surface area (Å²) >= 11 is 0. The van der Waals surface area contributed by atoms with E-state index >= 15 is 0 Å². The number of hydrogen-bond acceptors (Lipinski definition) is 3. The van der Waals surface area contributed by atoms with Crippen LogP contribution in [0.2, 0.25) is 0 Å². The first-order valence-electron chi connectivity index (χ1n) is 8.42. The van der Waals surface area contributed by atoms with Gasteiger partial charge in [0.2, 0.25) is 0 Å². The predicted octanol–water partition coefficient (Wildman–Crippen LogP) is 3.49. The van der Waals surface area contributed by atoms with E-state index in [1.807, 2.05) is 0 Å². The van der Waals surface area contributed by atoms with Gasteiger partial charge < -0.3 is 10.2 Å². The van der Waals surface area contributed by atoms with E-state index in [2.05, 4.69) is 22.1 Å².